The Bertz CT molecular complexity index is 158. The van der Waals surface area contributed by atoms with E-state index in [2.05, 4.69) is 27.7 Å². The van der Waals surface area contributed by atoms with Gasteiger partial charge >= 0.3 is 0 Å². The summed E-state index contributed by atoms with van der Waals surface area (Å²) in [5.74, 6) is 0.366. The molecule has 0 rings (SSSR count). The number of allylic oxidation sites excluding steroid dienone is 1. The number of aliphatic hydroxyl groups excluding tert-OH is 1. The lowest BCUT2D eigenvalue weighted by atomic mass is 9.85. The molecule has 78 valence electrons. The summed E-state index contributed by atoms with van der Waals surface area (Å²) in [7, 11) is 0. The molecule has 0 aromatic heterocycles. The van der Waals surface area contributed by atoms with E-state index in [0.29, 0.717) is 5.92 Å². The van der Waals surface area contributed by atoms with Crippen molar-refractivity contribution in [3.05, 3.63) is 12.2 Å². The summed E-state index contributed by atoms with van der Waals surface area (Å²) >= 11 is 0. The number of hydrogen-bond donors (Lipinski definition) is 1. The zero-order valence-corrected chi connectivity index (χ0v) is 9.05. The summed E-state index contributed by atoms with van der Waals surface area (Å²) in [4.78, 5) is 0. The third kappa shape index (κ3) is 7.97. The maximum absolute atomic E-state index is 12.6. The van der Waals surface area contributed by atoms with Crippen LogP contribution in [0.5, 0.6) is 0 Å². The molecule has 2 heteroatoms. The second kappa shape index (κ2) is 5.38. The molecule has 1 N–H and O–H groups in total. The van der Waals surface area contributed by atoms with E-state index in [0.717, 1.165) is 6.42 Å². The number of alkyl halides is 1. The van der Waals surface area contributed by atoms with E-state index in [1.165, 1.54) is 6.08 Å². The Balaban J connectivity index is 3.87. The van der Waals surface area contributed by atoms with E-state index in [4.69, 9.17) is 5.11 Å². The third-order valence-electron chi connectivity index (χ3n) is 1.76. The van der Waals surface area contributed by atoms with Crippen molar-refractivity contribution in [2.45, 2.75) is 40.3 Å². The van der Waals surface area contributed by atoms with Crippen LogP contribution in [0, 0.1) is 11.3 Å². The normalized spacial score (nSPS) is 17.7. The number of halogens is 1. The molecule has 2 unspecified atom stereocenters. The van der Waals surface area contributed by atoms with Gasteiger partial charge in [0.2, 0.25) is 0 Å². The van der Waals surface area contributed by atoms with Gasteiger partial charge in [0.25, 0.3) is 0 Å². The number of rotatable bonds is 4. The summed E-state index contributed by atoms with van der Waals surface area (Å²) < 4.78 is 12.6. The van der Waals surface area contributed by atoms with Gasteiger partial charge in [-0.05, 0) is 17.8 Å². The Kier molecular flexibility index (Phi) is 5.23. The molecule has 0 radical (unpaired) electrons. The minimum Gasteiger partial charge on any atom is -0.393 e. The smallest absolute Gasteiger partial charge is 0.141 e. The van der Waals surface area contributed by atoms with Crippen molar-refractivity contribution in [1.29, 1.82) is 0 Å². The lowest BCUT2D eigenvalue weighted by Crippen LogP contribution is -2.10. The van der Waals surface area contributed by atoms with Crippen LogP contribution in [-0.2, 0) is 0 Å². The second-order valence-electron chi connectivity index (χ2n) is 4.83. The summed E-state index contributed by atoms with van der Waals surface area (Å²) in [6, 6.07) is 0. The highest BCUT2D eigenvalue weighted by molar-refractivity contribution is 4.93. The molecule has 0 heterocycles. The van der Waals surface area contributed by atoms with Crippen LogP contribution in [-0.4, -0.2) is 17.9 Å². The van der Waals surface area contributed by atoms with E-state index >= 15 is 0 Å². The molecule has 0 aliphatic carbocycles. The molecule has 0 bridgehead atoms. The molecule has 0 saturated carbocycles. The van der Waals surface area contributed by atoms with Crippen molar-refractivity contribution >= 4 is 0 Å². The van der Waals surface area contributed by atoms with Crippen molar-refractivity contribution in [2.24, 2.45) is 11.3 Å². The SMILES string of the molecule is CC(/C=C\C(F)CO)CC(C)(C)C. The first-order valence-electron chi connectivity index (χ1n) is 4.78. The number of aliphatic hydroxyl groups is 1. The third-order valence-corrected chi connectivity index (χ3v) is 1.76. The summed E-state index contributed by atoms with van der Waals surface area (Å²) in [6.07, 6.45) is 3.10. The van der Waals surface area contributed by atoms with Crippen LogP contribution in [0.25, 0.3) is 0 Å². The molecule has 13 heavy (non-hydrogen) atoms. The van der Waals surface area contributed by atoms with Crippen molar-refractivity contribution in [2.75, 3.05) is 6.61 Å². The Labute approximate surface area is 80.7 Å². The molecule has 0 aliphatic rings. The molecule has 0 aromatic carbocycles. The van der Waals surface area contributed by atoms with E-state index in [-0.39, 0.29) is 5.41 Å². The highest BCUT2D eigenvalue weighted by Gasteiger charge is 2.13. The molecule has 0 saturated heterocycles. The molecule has 0 spiro atoms. The summed E-state index contributed by atoms with van der Waals surface area (Å²) in [5, 5.41) is 8.45. The van der Waals surface area contributed by atoms with E-state index in [1.807, 2.05) is 6.08 Å². The van der Waals surface area contributed by atoms with Crippen LogP contribution < -0.4 is 0 Å². The van der Waals surface area contributed by atoms with Gasteiger partial charge in [-0.25, -0.2) is 4.39 Å². The van der Waals surface area contributed by atoms with E-state index in [9.17, 15) is 4.39 Å². The van der Waals surface area contributed by atoms with Crippen LogP contribution in [0.1, 0.15) is 34.1 Å². The molecular weight excluding hydrogens is 167 g/mol. The monoisotopic (exact) mass is 188 g/mol. The molecule has 0 aromatic rings. The van der Waals surface area contributed by atoms with Crippen molar-refractivity contribution < 1.29 is 9.50 Å². The Hall–Kier alpha value is -0.370. The Morgan fingerprint density at radius 2 is 1.85 bits per heavy atom. The quantitative estimate of drug-likeness (QED) is 0.672. The Morgan fingerprint density at radius 3 is 2.23 bits per heavy atom. The number of hydrogen-bond acceptors (Lipinski definition) is 1. The van der Waals surface area contributed by atoms with Gasteiger partial charge in [-0.3, -0.25) is 0 Å². The largest absolute Gasteiger partial charge is 0.393 e. The van der Waals surface area contributed by atoms with Gasteiger partial charge in [-0.2, -0.15) is 0 Å². The minimum atomic E-state index is -1.21. The lowest BCUT2D eigenvalue weighted by Gasteiger charge is -2.21. The summed E-state index contributed by atoms with van der Waals surface area (Å²) in [6.45, 7) is 8.13. The van der Waals surface area contributed by atoms with Gasteiger partial charge < -0.3 is 5.11 Å². The molecule has 2 atom stereocenters. The van der Waals surface area contributed by atoms with Crippen LogP contribution in [0.3, 0.4) is 0 Å². The first-order chi connectivity index (χ1) is 5.85. The van der Waals surface area contributed by atoms with Crippen LogP contribution in [0.4, 0.5) is 4.39 Å². The van der Waals surface area contributed by atoms with Gasteiger partial charge in [0.15, 0.2) is 0 Å². The van der Waals surface area contributed by atoms with Gasteiger partial charge in [0, 0.05) is 0 Å². The highest BCUT2D eigenvalue weighted by atomic mass is 19.1. The molecular formula is C11H21FO. The van der Waals surface area contributed by atoms with Gasteiger partial charge in [0.1, 0.15) is 6.17 Å². The zero-order valence-electron chi connectivity index (χ0n) is 9.05. The maximum atomic E-state index is 12.6. The first kappa shape index (κ1) is 12.6. The maximum Gasteiger partial charge on any atom is 0.141 e. The van der Waals surface area contributed by atoms with Gasteiger partial charge in [-0.1, -0.05) is 39.8 Å². The van der Waals surface area contributed by atoms with E-state index in [1.54, 1.807) is 0 Å². The van der Waals surface area contributed by atoms with E-state index < -0.39 is 12.8 Å². The van der Waals surface area contributed by atoms with Crippen LogP contribution in [0.15, 0.2) is 12.2 Å². The average Bonchev–Trinajstić information content (AvgIpc) is 1.97. The molecule has 1 nitrogen and oxygen atoms in total. The standard InChI is InChI=1S/C11H21FO/c1-9(7-11(2,3)4)5-6-10(12)8-13/h5-6,9-10,13H,7-8H2,1-4H3/b6-5-. The van der Waals surface area contributed by atoms with Gasteiger partial charge in [-0.15, -0.1) is 0 Å². The fourth-order valence-corrected chi connectivity index (χ4v) is 1.41. The lowest BCUT2D eigenvalue weighted by molar-refractivity contribution is 0.209. The van der Waals surface area contributed by atoms with Crippen molar-refractivity contribution in [3.8, 4) is 0 Å². The fraction of sp³-hybridized carbons (Fsp3) is 0.818. The summed E-state index contributed by atoms with van der Waals surface area (Å²) in [5.41, 5.74) is 0.273. The predicted molar refractivity (Wildman–Crippen MR) is 54.4 cm³/mol. The predicted octanol–water partition coefficient (Wildman–Crippen LogP) is 2.95. The fourth-order valence-electron chi connectivity index (χ4n) is 1.41. The molecule has 0 amide bonds. The first-order valence-corrected chi connectivity index (χ1v) is 4.78. The highest BCUT2D eigenvalue weighted by Crippen LogP contribution is 2.24. The second-order valence-corrected chi connectivity index (χ2v) is 4.83. The molecule has 0 aliphatic heterocycles. The van der Waals surface area contributed by atoms with Crippen molar-refractivity contribution in [1.82, 2.24) is 0 Å². The van der Waals surface area contributed by atoms with Gasteiger partial charge in [0.05, 0.1) is 6.61 Å². The average molecular weight is 188 g/mol. The van der Waals surface area contributed by atoms with Crippen LogP contribution in [0.2, 0.25) is 0 Å². The van der Waals surface area contributed by atoms with Crippen molar-refractivity contribution in [3.63, 3.8) is 0 Å². The van der Waals surface area contributed by atoms with Crippen LogP contribution >= 0.6 is 0 Å². The minimum absolute atomic E-state index is 0.273. The molecule has 0 fully saturated rings. The zero-order chi connectivity index (χ0) is 10.5. The topological polar surface area (TPSA) is 20.2 Å². The Morgan fingerprint density at radius 1 is 1.31 bits per heavy atom.